The summed E-state index contributed by atoms with van der Waals surface area (Å²) in [6.07, 6.45) is 0.631. The van der Waals surface area contributed by atoms with Gasteiger partial charge >= 0.3 is 5.97 Å². The maximum atomic E-state index is 11.0. The number of hydrogen-bond acceptors (Lipinski definition) is 4. The van der Waals surface area contributed by atoms with Crippen LogP contribution in [0.1, 0.15) is 27.3 Å². The number of carboxylic acids is 1. The van der Waals surface area contributed by atoms with Crippen molar-refractivity contribution in [3.63, 3.8) is 0 Å². The minimum Gasteiger partial charge on any atom is -0.478 e. The summed E-state index contributed by atoms with van der Waals surface area (Å²) in [6.45, 7) is 0.441. The number of rotatable bonds is 5. The fourth-order valence-electron chi connectivity index (χ4n) is 2.23. The largest absolute Gasteiger partial charge is 0.478 e. The van der Waals surface area contributed by atoms with Crippen LogP contribution in [0.5, 0.6) is 0 Å². The van der Waals surface area contributed by atoms with Crippen molar-refractivity contribution < 1.29 is 9.90 Å². The maximum Gasteiger partial charge on any atom is 0.335 e. The van der Waals surface area contributed by atoms with Crippen molar-refractivity contribution in [1.82, 2.24) is 20.2 Å². The second-order valence-corrected chi connectivity index (χ2v) is 4.92. The van der Waals surface area contributed by atoms with E-state index in [2.05, 4.69) is 15.5 Å². The molecule has 0 unspecified atom stereocenters. The highest BCUT2D eigenvalue weighted by molar-refractivity contribution is 5.87. The van der Waals surface area contributed by atoms with Crippen molar-refractivity contribution >= 4 is 5.97 Å². The lowest BCUT2D eigenvalue weighted by atomic mass is 10.1. The number of aromatic nitrogens is 4. The minimum absolute atomic E-state index is 0.259. The molecule has 2 aromatic carbocycles. The van der Waals surface area contributed by atoms with Crippen LogP contribution in [0.4, 0.5) is 0 Å². The molecule has 6 nitrogen and oxygen atoms in total. The van der Waals surface area contributed by atoms with Gasteiger partial charge < -0.3 is 5.11 Å². The van der Waals surface area contributed by atoms with E-state index in [0.717, 1.165) is 17.0 Å². The molecule has 110 valence electrons. The third kappa shape index (κ3) is 3.17. The van der Waals surface area contributed by atoms with E-state index in [0.29, 0.717) is 13.0 Å². The standard InChI is InChI=1S/C16H14N4O2/c21-16(22)14-8-4-7-13(9-14)11-20-15(17-18-19-20)10-12-5-2-1-3-6-12/h1-9H,10-11H2,(H,21,22). The normalized spacial score (nSPS) is 10.5. The summed E-state index contributed by atoms with van der Waals surface area (Å²) in [4.78, 5) is 11.0. The van der Waals surface area contributed by atoms with Gasteiger partial charge in [0, 0.05) is 6.42 Å². The van der Waals surface area contributed by atoms with Gasteiger partial charge in [0.25, 0.3) is 0 Å². The van der Waals surface area contributed by atoms with Crippen LogP contribution in [0.2, 0.25) is 0 Å². The molecule has 0 radical (unpaired) electrons. The van der Waals surface area contributed by atoms with E-state index >= 15 is 0 Å². The van der Waals surface area contributed by atoms with Gasteiger partial charge in [0.15, 0.2) is 5.82 Å². The highest BCUT2D eigenvalue weighted by Crippen LogP contribution is 2.10. The molecular weight excluding hydrogens is 280 g/mol. The zero-order valence-electron chi connectivity index (χ0n) is 11.8. The number of carboxylic acid groups (broad SMARTS) is 1. The summed E-state index contributed by atoms with van der Waals surface area (Å²) < 4.78 is 1.69. The van der Waals surface area contributed by atoms with Crippen LogP contribution < -0.4 is 0 Å². The van der Waals surface area contributed by atoms with Crippen LogP contribution in [0.25, 0.3) is 0 Å². The van der Waals surface area contributed by atoms with E-state index in [1.54, 1.807) is 22.9 Å². The van der Waals surface area contributed by atoms with E-state index in [4.69, 9.17) is 5.11 Å². The van der Waals surface area contributed by atoms with Crippen molar-refractivity contribution in [3.05, 3.63) is 77.1 Å². The maximum absolute atomic E-state index is 11.0. The van der Waals surface area contributed by atoms with Gasteiger partial charge in [0.1, 0.15) is 0 Å². The Bertz CT molecular complexity index is 784. The average Bonchev–Trinajstić information content (AvgIpc) is 2.95. The van der Waals surface area contributed by atoms with Gasteiger partial charge in [-0.15, -0.1) is 5.10 Å². The second kappa shape index (κ2) is 6.17. The lowest BCUT2D eigenvalue weighted by Crippen LogP contribution is -2.08. The highest BCUT2D eigenvalue weighted by Gasteiger charge is 2.09. The zero-order chi connectivity index (χ0) is 15.4. The first-order valence-electron chi connectivity index (χ1n) is 6.83. The number of aromatic carboxylic acids is 1. The van der Waals surface area contributed by atoms with Gasteiger partial charge in [-0.1, -0.05) is 42.5 Å². The molecule has 0 saturated carbocycles. The Kier molecular flexibility index (Phi) is 3.91. The molecule has 0 bridgehead atoms. The molecule has 0 aliphatic rings. The predicted octanol–water partition coefficient (Wildman–Crippen LogP) is 2.01. The summed E-state index contributed by atoms with van der Waals surface area (Å²) in [7, 11) is 0. The third-order valence-electron chi connectivity index (χ3n) is 3.32. The molecule has 22 heavy (non-hydrogen) atoms. The zero-order valence-corrected chi connectivity index (χ0v) is 11.8. The molecular formula is C16H14N4O2. The van der Waals surface area contributed by atoms with Crippen LogP contribution in [-0.4, -0.2) is 31.3 Å². The Balaban J connectivity index is 1.80. The van der Waals surface area contributed by atoms with Gasteiger partial charge in [0.2, 0.25) is 0 Å². The molecule has 0 aliphatic carbocycles. The Morgan fingerprint density at radius 2 is 1.82 bits per heavy atom. The number of benzene rings is 2. The van der Waals surface area contributed by atoms with E-state index in [-0.39, 0.29) is 5.56 Å². The molecule has 3 aromatic rings. The summed E-state index contributed by atoms with van der Waals surface area (Å²) >= 11 is 0. The molecule has 0 spiro atoms. The molecule has 6 heteroatoms. The predicted molar refractivity (Wildman–Crippen MR) is 79.6 cm³/mol. The Labute approximate surface area is 127 Å². The van der Waals surface area contributed by atoms with Crippen LogP contribution in [0, 0.1) is 0 Å². The lowest BCUT2D eigenvalue weighted by Gasteiger charge is -2.06. The topological polar surface area (TPSA) is 80.9 Å². The van der Waals surface area contributed by atoms with Crippen LogP contribution in [0.15, 0.2) is 54.6 Å². The van der Waals surface area contributed by atoms with E-state index < -0.39 is 5.97 Å². The molecule has 1 heterocycles. The van der Waals surface area contributed by atoms with Crippen molar-refractivity contribution in [3.8, 4) is 0 Å². The highest BCUT2D eigenvalue weighted by atomic mass is 16.4. The Morgan fingerprint density at radius 1 is 1.05 bits per heavy atom. The van der Waals surface area contributed by atoms with Crippen LogP contribution in [-0.2, 0) is 13.0 Å². The van der Waals surface area contributed by atoms with Crippen molar-refractivity contribution in [2.45, 2.75) is 13.0 Å². The first-order valence-corrected chi connectivity index (χ1v) is 6.83. The van der Waals surface area contributed by atoms with Crippen LogP contribution >= 0.6 is 0 Å². The molecule has 0 aliphatic heterocycles. The van der Waals surface area contributed by atoms with Crippen molar-refractivity contribution in [2.24, 2.45) is 0 Å². The molecule has 3 rings (SSSR count). The number of nitrogens with zero attached hydrogens (tertiary/aromatic N) is 4. The first-order chi connectivity index (χ1) is 10.7. The van der Waals surface area contributed by atoms with Gasteiger partial charge in [-0.05, 0) is 33.7 Å². The van der Waals surface area contributed by atoms with Gasteiger partial charge in [-0.3, -0.25) is 0 Å². The monoisotopic (exact) mass is 294 g/mol. The smallest absolute Gasteiger partial charge is 0.335 e. The van der Waals surface area contributed by atoms with E-state index in [1.165, 1.54) is 0 Å². The Hall–Kier alpha value is -3.02. The fourth-order valence-corrected chi connectivity index (χ4v) is 2.23. The number of hydrogen-bond donors (Lipinski definition) is 1. The molecule has 1 aromatic heterocycles. The summed E-state index contributed by atoms with van der Waals surface area (Å²) in [5.74, 6) is -0.199. The quantitative estimate of drug-likeness (QED) is 0.778. The second-order valence-electron chi connectivity index (χ2n) is 4.92. The fraction of sp³-hybridized carbons (Fsp3) is 0.125. The van der Waals surface area contributed by atoms with Crippen LogP contribution in [0.3, 0.4) is 0 Å². The molecule has 0 saturated heterocycles. The molecule has 0 amide bonds. The minimum atomic E-state index is -0.942. The molecule has 1 N–H and O–H groups in total. The van der Waals surface area contributed by atoms with Gasteiger partial charge in [0.05, 0.1) is 12.1 Å². The number of tetrazole rings is 1. The summed E-state index contributed by atoms with van der Waals surface area (Å²) in [6, 6.07) is 16.7. The molecule has 0 fully saturated rings. The van der Waals surface area contributed by atoms with E-state index in [9.17, 15) is 4.79 Å². The average molecular weight is 294 g/mol. The van der Waals surface area contributed by atoms with Crippen molar-refractivity contribution in [1.29, 1.82) is 0 Å². The first kappa shape index (κ1) is 13.9. The van der Waals surface area contributed by atoms with Crippen molar-refractivity contribution in [2.75, 3.05) is 0 Å². The Morgan fingerprint density at radius 3 is 2.59 bits per heavy atom. The SMILES string of the molecule is O=C(O)c1cccc(Cn2nnnc2Cc2ccccc2)c1. The van der Waals surface area contributed by atoms with Gasteiger partial charge in [-0.25, -0.2) is 9.48 Å². The van der Waals surface area contributed by atoms with Gasteiger partial charge in [-0.2, -0.15) is 0 Å². The lowest BCUT2D eigenvalue weighted by molar-refractivity contribution is 0.0696. The summed E-state index contributed by atoms with van der Waals surface area (Å²) in [5.41, 5.74) is 2.23. The summed E-state index contributed by atoms with van der Waals surface area (Å²) in [5, 5.41) is 20.8. The van der Waals surface area contributed by atoms with E-state index in [1.807, 2.05) is 36.4 Å². The molecule has 0 atom stereocenters. The number of carbonyl (C=O) groups is 1. The third-order valence-corrected chi connectivity index (χ3v) is 3.32.